The minimum absolute atomic E-state index is 0.348. The van der Waals surface area contributed by atoms with Crippen molar-refractivity contribution < 1.29 is 13.9 Å². The van der Waals surface area contributed by atoms with E-state index < -0.39 is 5.92 Å². The SMILES string of the molecule is O=CC1C(c2ccccc2F)=C(CCBr)Oc2ccccc21. The molecule has 2 aromatic carbocycles. The summed E-state index contributed by atoms with van der Waals surface area (Å²) in [6.45, 7) is 0. The predicted molar refractivity (Wildman–Crippen MR) is 87.6 cm³/mol. The van der Waals surface area contributed by atoms with Crippen LogP contribution in [0.5, 0.6) is 5.75 Å². The number of halogens is 2. The lowest BCUT2D eigenvalue weighted by molar-refractivity contribution is -0.108. The zero-order chi connectivity index (χ0) is 15.5. The van der Waals surface area contributed by atoms with Gasteiger partial charge in [0.1, 0.15) is 23.6 Å². The molecule has 0 spiro atoms. The third kappa shape index (κ3) is 2.59. The van der Waals surface area contributed by atoms with Crippen LogP contribution in [0.15, 0.2) is 54.3 Å². The van der Waals surface area contributed by atoms with Gasteiger partial charge in [-0.2, -0.15) is 0 Å². The zero-order valence-electron chi connectivity index (χ0n) is 11.8. The number of aldehydes is 1. The van der Waals surface area contributed by atoms with E-state index in [0.717, 1.165) is 11.8 Å². The van der Waals surface area contributed by atoms with Crippen molar-refractivity contribution in [2.45, 2.75) is 12.3 Å². The van der Waals surface area contributed by atoms with Gasteiger partial charge in [0.05, 0.1) is 5.92 Å². The Hall–Kier alpha value is -1.94. The maximum absolute atomic E-state index is 14.3. The fourth-order valence-corrected chi connectivity index (χ4v) is 3.12. The van der Waals surface area contributed by atoms with E-state index in [4.69, 9.17) is 4.74 Å². The third-order valence-electron chi connectivity index (χ3n) is 3.72. The third-order valence-corrected chi connectivity index (χ3v) is 4.12. The van der Waals surface area contributed by atoms with Crippen LogP contribution in [0.25, 0.3) is 5.57 Å². The standard InChI is InChI=1S/C18H14BrFO2/c19-10-9-17-18(13-6-1-3-7-15(13)20)14(11-21)12-5-2-4-8-16(12)22-17/h1-8,11,14H,9-10H2. The van der Waals surface area contributed by atoms with Crippen LogP contribution in [0.1, 0.15) is 23.5 Å². The first kappa shape index (κ1) is 15.0. The second kappa shape index (κ2) is 6.44. The number of carbonyl (C=O) groups is 1. The van der Waals surface area contributed by atoms with Crippen LogP contribution in [0.3, 0.4) is 0 Å². The first-order valence-corrected chi connectivity index (χ1v) is 8.14. The average Bonchev–Trinajstić information content (AvgIpc) is 2.54. The molecule has 112 valence electrons. The average molecular weight is 361 g/mol. The van der Waals surface area contributed by atoms with Gasteiger partial charge in [-0.25, -0.2) is 4.39 Å². The molecule has 0 aliphatic carbocycles. The first-order valence-electron chi connectivity index (χ1n) is 7.02. The van der Waals surface area contributed by atoms with Gasteiger partial charge in [0.2, 0.25) is 0 Å². The van der Waals surface area contributed by atoms with E-state index in [1.165, 1.54) is 6.07 Å². The van der Waals surface area contributed by atoms with E-state index in [2.05, 4.69) is 15.9 Å². The molecule has 1 aliphatic heterocycles. The van der Waals surface area contributed by atoms with Crippen LogP contribution in [0.2, 0.25) is 0 Å². The van der Waals surface area contributed by atoms with Crippen molar-refractivity contribution in [2.24, 2.45) is 0 Å². The van der Waals surface area contributed by atoms with E-state index >= 15 is 0 Å². The molecule has 0 N–H and O–H groups in total. The van der Waals surface area contributed by atoms with Crippen molar-refractivity contribution in [3.05, 3.63) is 71.2 Å². The Morgan fingerprint density at radius 3 is 2.59 bits per heavy atom. The number of rotatable bonds is 4. The van der Waals surface area contributed by atoms with Gasteiger partial charge in [0, 0.05) is 28.5 Å². The monoisotopic (exact) mass is 360 g/mol. The van der Waals surface area contributed by atoms with Gasteiger partial charge in [0.25, 0.3) is 0 Å². The molecular formula is C18H14BrFO2. The molecule has 1 atom stereocenters. The largest absolute Gasteiger partial charge is 0.461 e. The minimum Gasteiger partial charge on any atom is -0.461 e. The van der Waals surface area contributed by atoms with Gasteiger partial charge in [-0.15, -0.1) is 0 Å². The van der Waals surface area contributed by atoms with Crippen LogP contribution in [-0.4, -0.2) is 11.6 Å². The molecule has 2 nitrogen and oxygen atoms in total. The Morgan fingerprint density at radius 2 is 1.86 bits per heavy atom. The summed E-state index contributed by atoms with van der Waals surface area (Å²) in [4.78, 5) is 11.7. The van der Waals surface area contributed by atoms with Gasteiger partial charge >= 0.3 is 0 Å². The van der Waals surface area contributed by atoms with Crippen LogP contribution >= 0.6 is 15.9 Å². The van der Waals surface area contributed by atoms with Crippen molar-refractivity contribution in [2.75, 3.05) is 5.33 Å². The number of benzene rings is 2. The molecule has 0 bridgehead atoms. The fourth-order valence-electron chi connectivity index (χ4n) is 2.76. The lowest BCUT2D eigenvalue weighted by Crippen LogP contribution is -2.17. The highest BCUT2D eigenvalue weighted by atomic mass is 79.9. The van der Waals surface area contributed by atoms with Crippen molar-refractivity contribution in [1.82, 2.24) is 0 Å². The van der Waals surface area contributed by atoms with Crippen molar-refractivity contribution in [3.63, 3.8) is 0 Å². The molecular weight excluding hydrogens is 347 g/mol. The molecule has 4 heteroatoms. The first-order chi connectivity index (χ1) is 10.8. The Bertz CT molecular complexity index is 739. The molecule has 1 unspecified atom stereocenters. The number of allylic oxidation sites excluding steroid dienone is 2. The second-order valence-electron chi connectivity index (χ2n) is 5.01. The summed E-state index contributed by atoms with van der Waals surface area (Å²) in [5.74, 6) is 0.434. The molecule has 22 heavy (non-hydrogen) atoms. The quantitative estimate of drug-likeness (QED) is 0.583. The molecule has 0 aromatic heterocycles. The maximum atomic E-state index is 14.3. The van der Waals surface area contributed by atoms with Gasteiger partial charge < -0.3 is 9.53 Å². The van der Waals surface area contributed by atoms with Crippen LogP contribution < -0.4 is 4.74 Å². The Morgan fingerprint density at radius 1 is 1.14 bits per heavy atom. The summed E-state index contributed by atoms with van der Waals surface area (Å²) < 4.78 is 20.2. The van der Waals surface area contributed by atoms with Gasteiger partial charge in [-0.05, 0) is 12.1 Å². The highest BCUT2D eigenvalue weighted by Crippen LogP contribution is 2.44. The number of fused-ring (bicyclic) bond motifs is 1. The lowest BCUT2D eigenvalue weighted by Gasteiger charge is -2.28. The van der Waals surface area contributed by atoms with Gasteiger partial charge in [0.15, 0.2) is 0 Å². The summed E-state index contributed by atoms with van der Waals surface area (Å²) >= 11 is 3.39. The minimum atomic E-state index is -0.518. The van der Waals surface area contributed by atoms with E-state index in [-0.39, 0.29) is 5.82 Å². The van der Waals surface area contributed by atoms with E-state index in [0.29, 0.717) is 34.4 Å². The van der Waals surface area contributed by atoms with Crippen LogP contribution in [0, 0.1) is 5.82 Å². The Balaban J connectivity index is 2.22. The molecule has 0 amide bonds. The number of para-hydroxylation sites is 1. The van der Waals surface area contributed by atoms with Gasteiger partial charge in [-0.3, -0.25) is 0 Å². The number of hydrogen-bond donors (Lipinski definition) is 0. The van der Waals surface area contributed by atoms with Gasteiger partial charge in [-0.1, -0.05) is 52.3 Å². The van der Waals surface area contributed by atoms with Crippen molar-refractivity contribution in [1.29, 1.82) is 0 Å². The van der Waals surface area contributed by atoms with E-state index in [9.17, 15) is 9.18 Å². The maximum Gasteiger partial charge on any atom is 0.132 e. The van der Waals surface area contributed by atoms with E-state index in [1.807, 2.05) is 24.3 Å². The zero-order valence-corrected chi connectivity index (χ0v) is 13.3. The fraction of sp³-hybridized carbons (Fsp3) is 0.167. The highest BCUT2D eigenvalue weighted by Gasteiger charge is 2.31. The summed E-state index contributed by atoms with van der Waals surface area (Å²) in [7, 11) is 0. The molecule has 2 aromatic rings. The molecule has 0 saturated heterocycles. The smallest absolute Gasteiger partial charge is 0.132 e. The Labute approximate surface area is 136 Å². The number of alkyl halides is 1. The second-order valence-corrected chi connectivity index (χ2v) is 5.80. The molecule has 1 heterocycles. The summed E-state index contributed by atoms with van der Waals surface area (Å²) in [5.41, 5.74) is 1.81. The number of hydrogen-bond acceptors (Lipinski definition) is 2. The van der Waals surface area contributed by atoms with Crippen LogP contribution in [0.4, 0.5) is 4.39 Å². The highest BCUT2D eigenvalue weighted by molar-refractivity contribution is 9.09. The molecule has 1 aliphatic rings. The normalized spacial score (nSPS) is 16.9. The molecule has 0 fully saturated rings. The summed E-state index contributed by atoms with van der Waals surface area (Å²) in [6.07, 6.45) is 1.44. The number of carbonyl (C=O) groups excluding carboxylic acids is 1. The Kier molecular flexibility index (Phi) is 4.39. The van der Waals surface area contributed by atoms with Crippen LogP contribution in [-0.2, 0) is 4.79 Å². The van der Waals surface area contributed by atoms with E-state index in [1.54, 1.807) is 18.2 Å². The van der Waals surface area contributed by atoms with Crippen molar-refractivity contribution in [3.8, 4) is 5.75 Å². The molecule has 0 radical (unpaired) electrons. The number of ether oxygens (including phenoxy) is 1. The van der Waals surface area contributed by atoms with Crippen molar-refractivity contribution >= 4 is 27.8 Å². The summed E-state index contributed by atoms with van der Waals surface area (Å²) in [5, 5.41) is 0.675. The molecule has 0 saturated carbocycles. The molecule has 3 rings (SSSR count). The predicted octanol–water partition coefficient (Wildman–Crippen LogP) is 4.70. The topological polar surface area (TPSA) is 26.3 Å². The lowest BCUT2D eigenvalue weighted by atomic mass is 9.84. The summed E-state index contributed by atoms with van der Waals surface area (Å²) in [6, 6.07) is 13.9.